The summed E-state index contributed by atoms with van der Waals surface area (Å²) in [6.07, 6.45) is 0.785. The van der Waals surface area contributed by atoms with Crippen LogP contribution in [0.25, 0.3) is 11.4 Å². The lowest BCUT2D eigenvalue weighted by molar-refractivity contribution is 0.102. The van der Waals surface area contributed by atoms with Crippen LogP contribution in [0.2, 0.25) is 5.02 Å². The third-order valence-corrected chi connectivity index (χ3v) is 5.81. The Hall–Kier alpha value is -2.55. The molecule has 3 rings (SSSR count). The molecule has 7 nitrogen and oxygen atoms in total. The van der Waals surface area contributed by atoms with E-state index in [9.17, 15) is 4.79 Å². The highest BCUT2D eigenvalue weighted by molar-refractivity contribution is 7.99. The second kappa shape index (κ2) is 11.2. The molecule has 0 radical (unpaired) electrons. The van der Waals surface area contributed by atoms with Crippen LogP contribution in [0, 0.1) is 0 Å². The highest BCUT2D eigenvalue weighted by Crippen LogP contribution is 2.33. The zero-order chi connectivity index (χ0) is 22.2. The largest absolute Gasteiger partial charge is 0.493 e. The highest BCUT2D eigenvalue weighted by Gasteiger charge is 2.18. The molecule has 0 aliphatic heterocycles. The lowest BCUT2D eigenvalue weighted by Crippen LogP contribution is -2.07. The maximum Gasteiger partial charge on any atom is 0.191 e. The van der Waals surface area contributed by atoms with Crippen molar-refractivity contribution in [1.82, 2.24) is 14.8 Å². The molecular formula is C22H24ClN3O4S. The van der Waals surface area contributed by atoms with Crippen LogP contribution in [0.3, 0.4) is 0 Å². The van der Waals surface area contributed by atoms with Crippen molar-refractivity contribution in [2.75, 3.05) is 33.7 Å². The number of hydrogen-bond donors (Lipinski definition) is 0. The van der Waals surface area contributed by atoms with Gasteiger partial charge in [0.2, 0.25) is 0 Å². The van der Waals surface area contributed by atoms with E-state index >= 15 is 0 Å². The molecule has 1 aromatic heterocycles. The smallest absolute Gasteiger partial charge is 0.191 e. The zero-order valence-corrected chi connectivity index (χ0v) is 19.2. The molecule has 0 aliphatic carbocycles. The Bertz CT molecular complexity index is 1020. The molecule has 3 aromatic rings. The van der Waals surface area contributed by atoms with Gasteiger partial charge in [-0.1, -0.05) is 23.4 Å². The van der Waals surface area contributed by atoms with Gasteiger partial charge in [-0.25, -0.2) is 0 Å². The first kappa shape index (κ1) is 23.1. The summed E-state index contributed by atoms with van der Waals surface area (Å²) in [7, 11) is 4.85. The molecule has 0 amide bonds. The van der Waals surface area contributed by atoms with Gasteiger partial charge in [0.15, 0.2) is 28.3 Å². The molecule has 0 saturated heterocycles. The van der Waals surface area contributed by atoms with Gasteiger partial charge >= 0.3 is 0 Å². The Morgan fingerprint density at radius 1 is 1.03 bits per heavy atom. The van der Waals surface area contributed by atoms with E-state index in [-0.39, 0.29) is 11.5 Å². The first-order chi connectivity index (χ1) is 15.1. The molecule has 0 atom stereocenters. The fourth-order valence-corrected chi connectivity index (χ4v) is 3.99. The van der Waals surface area contributed by atoms with Crippen LogP contribution in [0.4, 0.5) is 0 Å². The summed E-state index contributed by atoms with van der Waals surface area (Å²) in [5.41, 5.74) is 1.46. The molecule has 0 fully saturated rings. The van der Waals surface area contributed by atoms with E-state index in [0.717, 1.165) is 12.0 Å². The summed E-state index contributed by atoms with van der Waals surface area (Å²) < 4.78 is 17.9. The van der Waals surface area contributed by atoms with Crippen molar-refractivity contribution in [1.29, 1.82) is 0 Å². The standard InChI is InChI=1S/C22H24ClN3O4S/c1-28-12-4-11-26-21(16-7-10-19(29-2)20(13-16)30-3)24-25-22(26)31-14-18(27)15-5-8-17(23)9-6-15/h5-10,13H,4,11-12,14H2,1-3H3. The van der Waals surface area contributed by atoms with Crippen molar-refractivity contribution >= 4 is 29.1 Å². The fraction of sp³-hybridized carbons (Fsp3) is 0.318. The summed E-state index contributed by atoms with van der Waals surface area (Å²) in [6.45, 7) is 1.26. The molecule has 9 heteroatoms. The van der Waals surface area contributed by atoms with Gasteiger partial charge in [-0.05, 0) is 48.9 Å². The Labute approximate surface area is 190 Å². The second-order valence-corrected chi connectivity index (χ2v) is 7.97. The molecule has 0 aliphatic rings. The average molecular weight is 462 g/mol. The monoisotopic (exact) mass is 461 g/mol. The number of halogens is 1. The van der Waals surface area contributed by atoms with Crippen LogP contribution in [-0.2, 0) is 11.3 Å². The van der Waals surface area contributed by atoms with Gasteiger partial charge in [0.25, 0.3) is 0 Å². The van der Waals surface area contributed by atoms with Crippen molar-refractivity contribution in [3.05, 3.63) is 53.1 Å². The quantitative estimate of drug-likeness (QED) is 0.234. The predicted octanol–water partition coefficient (Wildman–Crippen LogP) is 4.63. The van der Waals surface area contributed by atoms with Crippen molar-refractivity contribution in [3.63, 3.8) is 0 Å². The molecule has 1 heterocycles. The molecule has 0 bridgehead atoms. The molecule has 0 saturated carbocycles. The third-order valence-electron chi connectivity index (χ3n) is 4.59. The fourth-order valence-electron chi connectivity index (χ4n) is 3.00. The number of thioether (sulfide) groups is 1. The second-order valence-electron chi connectivity index (χ2n) is 6.59. The molecular weight excluding hydrogens is 438 g/mol. The summed E-state index contributed by atoms with van der Waals surface area (Å²) >= 11 is 7.26. The van der Waals surface area contributed by atoms with Crippen molar-refractivity contribution in [3.8, 4) is 22.9 Å². The Balaban J connectivity index is 1.84. The Morgan fingerprint density at radius 2 is 1.77 bits per heavy atom. The van der Waals surface area contributed by atoms with E-state index in [1.807, 2.05) is 22.8 Å². The lowest BCUT2D eigenvalue weighted by atomic mass is 10.1. The molecule has 0 N–H and O–H groups in total. The number of hydrogen-bond acceptors (Lipinski definition) is 7. The number of ketones is 1. The lowest BCUT2D eigenvalue weighted by Gasteiger charge is -2.12. The zero-order valence-electron chi connectivity index (χ0n) is 17.6. The average Bonchev–Trinajstić information content (AvgIpc) is 3.20. The van der Waals surface area contributed by atoms with Crippen LogP contribution >= 0.6 is 23.4 Å². The normalized spacial score (nSPS) is 10.8. The van der Waals surface area contributed by atoms with Gasteiger partial charge in [0.05, 0.1) is 20.0 Å². The number of aromatic nitrogens is 3. The summed E-state index contributed by atoms with van der Waals surface area (Å²) in [5.74, 6) is 2.19. The van der Waals surface area contributed by atoms with Gasteiger partial charge in [-0.2, -0.15) is 0 Å². The number of nitrogens with zero attached hydrogens (tertiary/aromatic N) is 3. The van der Waals surface area contributed by atoms with Gasteiger partial charge < -0.3 is 18.8 Å². The number of carbonyl (C=O) groups is 1. The number of Topliss-reactive ketones (excluding diaryl/α,β-unsaturated/α-hetero) is 1. The Morgan fingerprint density at radius 3 is 2.45 bits per heavy atom. The van der Waals surface area contributed by atoms with E-state index < -0.39 is 0 Å². The molecule has 0 spiro atoms. The molecule has 0 unspecified atom stereocenters. The number of rotatable bonds is 11. The van der Waals surface area contributed by atoms with E-state index in [0.29, 0.717) is 46.2 Å². The van der Waals surface area contributed by atoms with Crippen molar-refractivity contribution in [2.45, 2.75) is 18.1 Å². The minimum Gasteiger partial charge on any atom is -0.493 e. The maximum atomic E-state index is 12.6. The Kier molecular flexibility index (Phi) is 8.34. The van der Waals surface area contributed by atoms with Gasteiger partial charge in [-0.3, -0.25) is 4.79 Å². The minimum atomic E-state index is 0.000718. The SMILES string of the molecule is COCCCn1c(SCC(=O)c2ccc(Cl)cc2)nnc1-c1ccc(OC)c(OC)c1. The van der Waals surface area contributed by atoms with Gasteiger partial charge in [-0.15, -0.1) is 10.2 Å². The summed E-state index contributed by atoms with van der Waals surface area (Å²) in [4.78, 5) is 12.6. The molecule has 31 heavy (non-hydrogen) atoms. The van der Waals surface area contributed by atoms with Crippen LogP contribution in [0.1, 0.15) is 16.8 Å². The number of benzene rings is 2. The van der Waals surface area contributed by atoms with Crippen LogP contribution in [0.15, 0.2) is 47.6 Å². The van der Waals surface area contributed by atoms with E-state index in [2.05, 4.69) is 10.2 Å². The topological polar surface area (TPSA) is 75.5 Å². The number of ether oxygens (including phenoxy) is 3. The van der Waals surface area contributed by atoms with Crippen LogP contribution in [-0.4, -0.2) is 54.2 Å². The van der Waals surface area contributed by atoms with E-state index in [1.165, 1.54) is 11.8 Å². The van der Waals surface area contributed by atoms with Crippen LogP contribution < -0.4 is 9.47 Å². The minimum absolute atomic E-state index is 0.000718. The van der Waals surface area contributed by atoms with Crippen LogP contribution in [0.5, 0.6) is 11.5 Å². The van der Waals surface area contributed by atoms with Gasteiger partial charge in [0.1, 0.15) is 0 Å². The van der Waals surface area contributed by atoms with E-state index in [4.69, 9.17) is 25.8 Å². The first-order valence-corrected chi connectivity index (χ1v) is 11.0. The predicted molar refractivity (Wildman–Crippen MR) is 122 cm³/mol. The summed E-state index contributed by atoms with van der Waals surface area (Å²) in [6, 6.07) is 12.5. The summed E-state index contributed by atoms with van der Waals surface area (Å²) in [5, 5.41) is 9.99. The molecule has 2 aromatic carbocycles. The highest BCUT2D eigenvalue weighted by atomic mass is 35.5. The van der Waals surface area contributed by atoms with Crippen molar-refractivity contribution < 1.29 is 19.0 Å². The first-order valence-electron chi connectivity index (χ1n) is 9.63. The maximum absolute atomic E-state index is 12.6. The van der Waals surface area contributed by atoms with E-state index in [1.54, 1.807) is 45.6 Å². The molecule has 164 valence electrons. The van der Waals surface area contributed by atoms with Gasteiger partial charge in [0, 0.05) is 36.4 Å². The number of methoxy groups -OCH3 is 3. The van der Waals surface area contributed by atoms with Crippen molar-refractivity contribution in [2.24, 2.45) is 0 Å². The third kappa shape index (κ3) is 5.78. The number of carbonyl (C=O) groups excluding carboxylic acids is 1.